The Morgan fingerprint density at radius 1 is 1.12 bits per heavy atom. The van der Waals surface area contributed by atoms with Crippen molar-refractivity contribution in [2.75, 3.05) is 0 Å². The highest BCUT2D eigenvalue weighted by Gasteiger charge is 2.28. The largest absolute Gasteiger partial charge is 0.374 e. The molecule has 0 radical (unpaired) electrons. The van der Waals surface area contributed by atoms with Gasteiger partial charge in [0.05, 0.1) is 12.2 Å². The van der Waals surface area contributed by atoms with Crippen LogP contribution < -0.4 is 0 Å². The molecule has 1 unspecified atom stereocenters. The first-order valence-corrected chi connectivity index (χ1v) is 6.19. The van der Waals surface area contributed by atoms with Gasteiger partial charge in [-0.15, -0.1) is 0 Å². The highest BCUT2D eigenvalue weighted by atomic mass is 16.5. The van der Waals surface area contributed by atoms with E-state index in [1.807, 2.05) is 0 Å². The summed E-state index contributed by atoms with van der Waals surface area (Å²) in [6, 6.07) is 8.68. The van der Waals surface area contributed by atoms with Gasteiger partial charge < -0.3 is 4.74 Å². The number of benzene rings is 1. The van der Waals surface area contributed by atoms with Crippen molar-refractivity contribution in [2.24, 2.45) is 5.41 Å². The lowest BCUT2D eigenvalue weighted by Gasteiger charge is -2.30. The fourth-order valence-electron chi connectivity index (χ4n) is 2.11. The van der Waals surface area contributed by atoms with Gasteiger partial charge in [-0.05, 0) is 36.3 Å². The van der Waals surface area contributed by atoms with Gasteiger partial charge in [-0.2, -0.15) is 0 Å². The Morgan fingerprint density at radius 3 is 2.06 bits per heavy atom. The summed E-state index contributed by atoms with van der Waals surface area (Å²) in [4.78, 5) is 0. The molecule has 88 valence electrons. The summed E-state index contributed by atoms with van der Waals surface area (Å²) in [6.07, 6.45) is 2.85. The molecule has 1 nitrogen and oxygen atoms in total. The minimum Gasteiger partial charge on any atom is -0.374 e. The second kappa shape index (κ2) is 4.21. The molecule has 1 heteroatoms. The second-order valence-electron chi connectivity index (χ2n) is 5.94. The molecule has 16 heavy (non-hydrogen) atoms. The third-order valence-corrected chi connectivity index (χ3v) is 3.63. The number of hydrogen-bond acceptors (Lipinski definition) is 1. The zero-order valence-electron chi connectivity index (χ0n) is 10.8. The third kappa shape index (κ3) is 2.46. The van der Waals surface area contributed by atoms with Crippen LogP contribution in [0.15, 0.2) is 24.3 Å². The number of ether oxygens (including phenoxy) is 1. The van der Waals surface area contributed by atoms with Gasteiger partial charge in [-0.25, -0.2) is 0 Å². The minimum absolute atomic E-state index is 0.231. The minimum atomic E-state index is 0.231. The molecule has 0 aromatic heterocycles. The first kappa shape index (κ1) is 11.7. The van der Waals surface area contributed by atoms with E-state index in [0.717, 1.165) is 12.8 Å². The van der Waals surface area contributed by atoms with Crippen molar-refractivity contribution in [3.05, 3.63) is 35.4 Å². The second-order valence-corrected chi connectivity index (χ2v) is 5.94. The molecule has 1 aliphatic carbocycles. The van der Waals surface area contributed by atoms with Crippen molar-refractivity contribution in [1.29, 1.82) is 0 Å². The van der Waals surface area contributed by atoms with E-state index >= 15 is 0 Å². The van der Waals surface area contributed by atoms with E-state index in [9.17, 15) is 0 Å². The van der Waals surface area contributed by atoms with E-state index in [1.54, 1.807) is 0 Å². The summed E-state index contributed by atoms with van der Waals surface area (Å²) >= 11 is 0. The highest BCUT2D eigenvalue weighted by molar-refractivity contribution is 5.32. The molecule has 1 aromatic carbocycles. The van der Waals surface area contributed by atoms with Crippen LogP contribution in [0.5, 0.6) is 0 Å². The van der Waals surface area contributed by atoms with Crippen molar-refractivity contribution in [3.8, 4) is 0 Å². The molecule has 0 aliphatic heterocycles. The van der Waals surface area contributed by atoms with E-state index in [2.05, 4.69) is 52.0 Å². The molecule has 0 heterocycles. The van der Waals surface area contributed by atoms with Crippen LogP contribution in [0, 0.1) is 5.41 Å². The molecule has 1 aliphatic rings. The Bertz CT molecular complexity index is 337. The maximum Gasteiger partial charge on any atom is 0.0659 e. The Labute approximate surface area is 98.8 Å². The van der Waals surface area contributed by atoms with Crippen LogP contribution in [-0.4, -0.2) is 12.2 Å². The van der Waals surface area contributed by atoms with Crippen LogP contribution in [0.3, 0.4) is 0 Å². The molecular weight excluding hydrogens is 196 g/mol. The van der Waals surface area contributed by atoms with Crippen LogP contribution in [0.2, 0.25) is 0 Å². The number of rotatable bonds is 2. The van der Waals surface area contributed by atoms with Crippen LogP contribution in [0.4, 0.5) is 0 Å². The molecule has 0 fully saturated rings. The van der Waals surface area contributed by atoms with E-state index in [4.69, 9.17) is 4.74 Å². The SMILES string of the molecule is CC(OC1Cc2ccccc2C1)C(C)(C)C. The smallest absolute Gasteiger partial charge is 0.0659 e. The molecule has 0 bridgehead atoms. The van der Waals surface area contributed by atoms with E-state index in [0.29, 0.717) is 12.2 Å². The van der Waals surface area contributed by atoms with Gasteiger partial charge in [0.15, 0.2) is 0 Å². The maximum absolute atomic E-state index is 6.16. The van der Waals surface area contributed by atoms with Gasteiger partial charge in [-0.3, -0.25) is 0 Å². The van der Waals surface area contributed by atoms with Crippen LogP contribution in [-0.2, 0) is 17.6 Å². The quantitative estimate of drug-likeness (QED) is 0.737. The van der Waals surface area contributed by atoms with Gasteiger partial charge in [0.25, 0.3) is 0 Å². The van der Waals surface area contributed by atoms with Crippen molar-refractivity contribution >= 4 is 0 Å². The first-order valence-electron chi connectivity index (χ1n) is 6.19. The van der Waals surface area contributed by atoms with Crippen molar-refractivity contribution in [2.45, 2.75) is 52.7 Å². The Balaban J connectivity index is 1.97. The third-order valence-electron chi connectivity index (χ3n) is 3.63. The van der Waals surface area contributed by atoms with Gasteiger partial charge in [0.2, 0.25) is 0 Å². The van der Waals surface area contributed by atoms with Gasteiger partial charge in [0.1, 0.15) is 0 Å². The lowest BCUT2D eigenvalue weighted by molar-refractivity contribution is -0.0508. The zero-order valence-corrected chi connectivity index (χ0v) is 10.8. The Morgan fingerprint density at radius 2 is 1.62 bits per heavy atom. The lowest BCUT2D eigenvalue weighted by atomic mass is 9.90. The van der Waals surface area contributed by atoms with Crippen molar-refractivity contribution in [1.82, 2.24) is 0 Å². The number of fused-ring (bicyclic) bond motifs is 1. The topological polar surface area (TPSA) is 9.23 Å². The van der Waals surface area contributed by atoms with Gasteiger partial charge >= 0.3 is 0 Å². The summed E-state index contributed by atoms with van der Waals surface area (Å²) in [7, 11) is 0. The number of hydrogen-bond donors (Lipinski definition) is 0. The Kier molecular flexibility index (Phi) is 3.07. The molecule has 1 aromatic rings. The summed E-state index contributed by atoms with van der Waals surface area (Å²) in [5.74, 6) is 0. The van der Waals surface area contributed by atoms with Crippen molar-refractivity contribution in [3.63, 3.8) is 0 Å². The highest BCUT2D eigenvalue weighted by Crippen LogP contribution is 2.29. The molecule has 0 saturated heterocycles. The molecule has 0 amide bonds. The monoisotopic (exact) mass is 218 g/mol. The van der Waals surface area contributed by atoms with E-state index in [1.165, 1.54) is 11.1 Å². The maximum atomic E-state index is 6.16. The average molecular weight is 218 g/mol. The standard InChI is InChI=1S/C15H22O/c1-11(15(2,3)4)16-14-9-12-7-5-6-8-13(12)10-14/h5-8,11,14H,9-10H2,1-4H3. The molecule has 0 saturated carbocycles. The predicted octanol–water partition coefficient (Wildman–Crippen LogP) is 3.61. The van der Waals surface area contributed by atoms with Crippen LogP contribution in [0.25, 0.3) is 0 Å². The lowest BCUT2D eigenvalue weighted by Crippen LogP contribution is -2.31. The molecular formula is C15H22O. The van der Waals surface area contributed by atoms with Gasteiger partial charge in [0, 0.05) is 0 Å². The summed E-state index contributed by atoms with van der Waals surface area (Å²) in [5, 5.41) is 0. The molecule has 2 rings (SSSR count). The van der Waals surface area contributed by atoms with Crippen LogP contribution >= 0.6 is 0 Å². The summed E-state index contributed by atoms with van der Waals surface area (Å²) < 4.78 is 6.16. The van der Waals surface area contributed by atoms with E-state index in [-0.39, 0.29) is 5.41 Å². The zero-order chi connectivity index (χ0) is 11.8. The van der Waals surface area contributed by atoms with Crippen molar-refractivity contribution < 1.29 is 4.74 Å². The normalized spacial score (nSPS) is 18.5. The fraction of sp³-hybridized carbons (Fsp3) is 0.600. The fourth-order valence-corrected chi connectivity index (χ4v) is 2.11. The predicted molar refractivity (Wildman–Crippen MR) is 67.6 cm³/mol. The molecule has 0 spiro atoms. The molecule has 0 N–H and O–H groups in total. The Hall–Kier alpha value is -0.820. The average Bonchev–Trinajstić information content (AvgIpc) is 2.58. The van der Waals surface area contributed by atoms with Gasteiger partial charge in [-0.1, -0.05) is 45.0 Å². The van der Waals surface area contributed by atoms with E-state index < -0.39 is 0 Å². The van der Waals surface area contributed by atoms with Crippen LogP contribution in [0.1, 0.15) is 38.8 Å². The first-order chi connectivity index (χ1) is 7.47. The summed E-state index contributed by atoms with van der Waals surface area (Å²) in [5.41, 5.74) is 3.16. The molecule has 1 atom stereocenters. The summed E-state index contributed by atoms with van der Waals surface area (Å²) in [6.45, 7) is 8.89.